The van der Waals surface area contributed by atoms with Crippen LogP contribution in [-0.4, -0.2) is 20.8 Å². The summed E-state index contributed by atoms with van der Waals surface area (Å²) in [7, 11) is 1.76. The first-order chi connectivity index (χ1) is 5.52. The van der Waals surface area contributed by atoms with E-state index >= 15 is 0 Å². The largest absolute Gasteiger partial charge is 0.368 e. The minimum Gasteiger partial charge on any atom is -0.368 e. The second kappa shape index (κ2) is 3.10. The van der Waals surface area contributed by atoms with Crippen molar-refractivity contribution in [2.24, 2.45) is 12.8 Å². The zero-order valence-electron chi connectivity index (χ0n) is 7.65. The quantitative estimate of drug-likeness (QED) is 0.645. The van der Waals surface area contributed by atoms with Gasteiger partial charge in [-0.2, -0.15) is 10.1 Å². The fraction of sp³-hybridized carbons (Fsp3) is 0.714. The summed E-state index contributed by atoms with van der Waals surface area (Å²) in [5.74, 6) is 1.29. The van der Waals surface area contributed by atoms with Crippen molar-refractivity contribution in [2.75, 3.05) is 5.73 Å². The highest BCUT2D eigenvalue weighted by molar-refractivity contribution is 5.17. The van der Waals surface area contributed by atoms with Crippen LogP contribution in [0, 0.1) is 0 Å². The Bertz CT molecular complexity index is 245. The van der Waals surface area contributed by atoms with Crippen LogP contribution in [0.4, 0.5) is 5.95 Å². The van der Waals surface area contributed by atoms with Crippen molar-refractivity contribution >= 4 is 5.95 Å². The van der Waals surface area contributed by atoms with Gasteiger partial charge in [0, 0.05) is 19.0 Å². The van der Waals surface area contributed by atoms with Crippen LogP contribution in [0.5, 0.6) is 0 Å². The maximum atomic E-state index is 5.70. The minimum atomic E-state index is 0.0480. The molecule has 5 heteroatoms. The van der Waals surface area contributed by atoms with Crippen LogP contribution in [0.1, 0.15) is 25.6 Å². The molecule has 4 N–H and O–H groups in total. The summed E-state index contributed by atoms with van der Waals surface area (Å²) in [4.78, 5) is 4.08. The van der Waals surface area contributed by atoms with Gasteiger partial charge in [-0.15, -0.1) is 0 Å². The zero-order chi connectivity index (χ0) is 9.30. The maximum Gasteiger partial charge on any atom is 0.218 e. The van der Waals surface area contributed by atoms with E-state index in [1.54, 1.807) is 11.7 Å². The SMILES string of the molecule is CC(N)C(C)c1nc(N)n(C)n1. The van der Waals surface area contributed by atoms with Crippen molar-refractivity contribution in [3.05, 3.63) is 5.82 Å². The molecule has 0 spiro atoms. The highest BCUT2D eigenvalue weighted by Crippen LogP contribution is 2.14. The lowest BCUT2D eigenvalue weighted by molar-refractivity contribution is 0.574. The molecule has 0 radical (unpaired) electrons. The molecule has 0 aliphatic rings. The highest BCUT2D eigenvalue weighted by atomic mass is 15.4. The minimum absolute atomic E-state index is 0.0480. The molecule has 1 aromatic rings. The lowest BCUT2D eigenvalue weighted by atomic mass is 10.0. The molecule has 68 valence electrons. The summed E-state index contributed by atoms with van der Waals surface area (Å²) in [6, 6.07) is 0.0480. The standard InChI is InChI=1S/C7H15N5/c1-4(5(2)8)6-10-7(9)12(3)11-6/h4-5H,8H2,1-3H3,(H2,9,10,11). The van der Waals surface area contributed by atoms with Gasteiger partial charge < -0.3 is 11.5 Å². The molecule has 0 amide bonds. The highest BCUT2D eigenvalue weighted by Gasteiger charge is 2.15. The fourth-order valence-corrected chi connectivity index (χ4v) is 0.845. The van der Waals surface area contributed by atoms with Crippen LogP contribution in [0.3, 0.4) is 0 Å². The van der Waals surface area contributed by atoms with E-state index in [1.165, 1.54) is 0 Å². The number of anilines is 1. The Labute approximate surface area is 71.8 Å². The number of aromatic nitrogens is 3. The van der Waals surface area contributed by atoms with Crippen LogP contribution >= 0.6 is 0 Å². The Hall–Kier alpha value is -1.10. The van der Waals surface area contributed by atoms with E-state index in [4.69, 9.17) is 11.5 Å². The lowest BCUT2D eigenvalue weighted by Crippen LogP contribution is -2.23. The van der Waals surface area contributed by atoms with E-state index in [0.717, 1.165) is 0 Å². The number of nitrogen functional groups attached to an aromatic ring is 1. The molecular weight excluding hydrogens is 154 g/mol. The Morgan fingerprint density at radius 3 is 2.33 bits per heavy atom. The third kappa shape index (κ3) is 1.55. The van der Waals surface area contributed by atoms with E-state index in [0.29, 0.717) is 11.8 Å². The molecule has 1 aromatic heterocycles. The summed E-state index contributed by atoms with van der Waals surface area (Å²) in [6.07, 6.45) is 0. The van der Waals surface area contributed by atoms with Crippen LogP contribution in [0.15, 0.2) is 0 Å². The van der Waals surface area contributed by atoms with Crippen LogP contribution in [0.2, 0.25) is 0 Å². The van der Waals surface area contributed by atoms with Gasteiger partial charge in [0.15, 0.2) is 5.82 Å². The number of nitrogens with zero attached hydrogens (tertiary/aromatic N) is 3. The predicted molar refractivity (Wildman–Crippen MR) is 47.5 cm³/mol. The maximum absolute atomic E-state index is 5.70. The second-order valence-corrected chi connectivity index (χ2v) is 3.10. The first kappa shape index (κ1) is 8.99. The van der Waals surface area contributed by atoms with E-state index < -0.39 is 0 Å². The first-order valence-corrected chi connectivity index (χ1v) is 3.94. The molecule has 0 fully saturated rings. The summed E-state index contributed by atoms with van der Waals surface area (Å²) >= 11 is 0. The lowest BCUT2D eigenvalue weighted by Gasteiger charge is -2.10. The molecule has 0 saturated heterocycles. The van der Waals surface area contributed by atoms with Crippen molar-refractivity contribution in [3.63, 3.8) is 0 Å². The average molecular weight is 169 g/mol. The van der Waals surface area contributed by atoms with Crippen LogP contribution < -0.4 is 11.5 Å². The molecule has 1 rings (SSSR count). The van der Waals surface area contributed by atoms with Crippen molar-refractivity contribution in [1.82, 2.24) is 14.8 Å². The number of hydrogen-bond acceptors (Lipinski definition) is 4. The second-order valence-electron chi connectivity index (χ2n) is 3.10. The zero-order valence-corrected chi connectivity index (χ0v) is 7.65. The van der Waals surface area contributed by atoms with E-state index in [9.17, 15) is 0 Å². The molecule has 0 bridgehead atoms. The number of aryl methyl sites for hydroxylation is 1. The Balaban J connectivity index is 2.89. The third-order valence-corrected chi connectivity index (χ3v) is 2.01. The molecular formula is C7H15N5. The van der Waals surface area contributed by atoms with Gasteiger partial charge in [0.2, 0.25) is 5.95 Å². The van der Waals surface area contributed by atoms with Crippen LogP contribution in [0.25, 0.3) is 0 Å². The summed E-state index contributed by atoms with van der Waals surface area (Å²) < 4.78 is 1.55. The van der Waals surface area contributed by atoms with Gasteiger partial charge in [-0.1, -0.05) is 6.92 Å². The molecule has 2 unspecified atom stereocenters. The smallest absolute Gasteiger partial charge is 0.218 e. The summed E-state index contributed by atoms with van der Waals surface area (Å²) in [5, 5.41) is 4.13. The Kier molecular flexibility index (Phi) is 2.32. The van der Waals surface area contributed by atoms with Gasteiger partial charge >= 0.3 is 0 Å². The molecule has 1 heterocycles. The summed E-state index contributed by atoms with van der Waals surface area (Å²) in [5.41, 5.74) is 11.2. The van der Waals surface area contributed by atoms with Gasteiger partial charge in [0.05, 0.1) is 0 Å². The molecule has 5 nitrogen and oxygen atoms in total. The normalized spacial score (nSPS) is 16.0. The predicted octanol–water partition coefficient (Wildman–Crippen LogP) is -0.152. The summed E-state index contributed by atoms with van der Waals surface area (Å²) in [6.45, 7) is 3.91. The van der Waals surface area contributed by atoms with Crippen molar-refractivity contribution < 1.29 is 0 Å². The van der Waals surface area contributed by atoms with Gasteiger partial charge in [-0.3, -0.25) is 0 Å². The van der Waals surface area contributed by atoms with Gasteiger partial charge in [-0.25, -0.2) is 4.68 Å². The molecule has 12 heavy (non-hydrogen) atoms. The number of hydrogen-bond donors (Lipinski definition) is 2. The Morgan fingerprint density at radius 1 is 1.42 bits per heavy atom. The van der Waals surface area contributed by atoms with Gasteiger partial charge in [-0.05, 0) is 6.92 Å². The Morgan fingerprint density at radius 2 is 2.00 bits per heavy atom. The monoisotopic (exact) mass is 169 g/mol. The first-order valence-electron chi connectivity index (χ1n) is 3.94. The fourth-order valence-electron chi connectivity index (χ4n) is 0.845. The van der Waals surface area contributed by atoms with E-state index in [2.05, 4.69) is 10.1 Å². The van der Waals surface area contributed by atoms with Crippen LogP contribution in [-0.2, 0) is 7.05 Å². The molecule has 0 aliphatic carbocycles. The van der Waals surface area contributed by atoms with Crippen molar-refractivity contribution in [2.45, 2.75) is 25.8 Å². The average Bonchev–Trinajstić information content (AvgIpc) is 2.30. The van der Waals surface area contributed by atoms with Gasteiger partial charge in [0.25, 0.3) is 0 Å². The third-order valence-electron chi connectivity index (χ3n) is 2.01. The van der Waals surface area contributed by atoms with E-state index in [1.807, 2.05) is 13.8 Å². The number of nitrogens with two attached hydrogens (primary N) is 2. The van der Waals surface area contributed by atoms with Crippen molar-refractivity contribution in [3.8, 4) is 0 Å². The number of rotatable bonds is 2. The van der Waals surface area contributed by atoms with E-state index in [-0.39, 0.29) is 12.0 Å². The topological polar surface area (TPSA) is 82.7 Å². The molecule has 0 saturated carbocycles. The van der Waals surface area contributed by atoms with Crippen molar-refractivity contribution in [1.29, 1.82) is 0 Å². The molecule has 0 aliphatic heterocycles. The molecule has 2 atom stereocenters. The molecule has 0 aromatic carbocycles. The van der Waals surface area contributed by atoms with Gasteiger partial charge in [0.1, 0.15) is 0 Å².